The number of hydrogen-bond donors (Lipinski definition) is 0. The van der Waals surface area contributed by atoms with Crippen molar-refractivity contribution >= 4 is 27.6 Å². The fraction of sp³-hybridized carbons (Fsp3) is 0.348. The van der Waals surface area contributed by atoms with E-state index in [1.54, 1.807) is 17.0 Å². The predicted molar refractivity (Wildman–Crippen MR) is 112 cm³/mol. The first-order valence-corrected chi connectivity index (χ1v) is 10.4. The Bertz CT molecular complexity index is 870. The number of halogens is 1. The molecule has 28 heavy (non-hydrogen) atoms. The van der Waals surface area contributed by atoms with E-state index >= 15 is 0 Å². The van der Waals surface area contributed by atoms with Gasteiger partial charge in [0.15, 0.2) is 5.78 Å². The van der Waals surface area contributed by atoms with E-state index in [9.17, 15) is 14.9 Å². The third-order valence-corrected chi connectivity index (χ3v) is 5.75. The van der Waals surface area contributed by atoms with Crippen LogP contribution < -0.4 is 0 Å². The number of nitriles is 1. The molecule has 2 aromatic rings. The number of hydrogen-bond acceptors (Lipinski definition) is 3. The van der Waals surface area contributed by atoms with E-state index in [0.717, 1.165) is 29.3 Å². The Morgan fingerprint density at radius 3 is 2.39 bits per heavy atom. The average Bonchev–Trinajstić information content (AvgIpc) is 2.74. The molecule has 0 bridgehead atoms. The summed E-state index contributed by atoms with van der Waals surface area (Å²) in [5, 5.41) is 9.89. The van der Waals surface area contributed by atoms with Gasteiger partial charge in [0.25, 0.3) is 0 Å². The maximum atomic E-state index is 13.1. The van der Waals surface area contributed by atoms with Crippen LogP contribution in [0.4, 0.5) is 0 Å². The second kappa shape index (κ2) is 9.66. The van der Waals surface area contributed by atoms with Crippen molar-refractivity contribution in [3.63, 3.8) is 0 Å². The maximum absolute atomic E-state index is 13.1. The molecule has 0 N–H and O–H groups in total. The summed E-state index contributed by atoms with van der Waals surface area (Å²) in [6.07, 6.45) is 3.17. The molecule has 0 aromatic heterocycles. The minimum absolute atomic E-state index is 0.0581. The molecule has 2 aromatic carbocycles. The predicted octanol–water partition coefficient (Wildman–Crippen LogP) is 4.96. The Labute approximate surface area is 174 Å². The van der Waals surface area contributed by atoms with E-state index in [-0.39, 0.29) is 18.1 Å². The molecule has 1 aliphatic heterocycles. The molecule has 1 fully saturated rings. The minimum atomic E-state index is -0.875. The lowest BCUT2D eigenvalue weighted by Gasteiger charge is -2.31. The maximum Gasteiger partial charge on any atom is 0.240 e. The van der Waals surface area contributed by atoms with E-state index in [0.29, 0.717) is 18.7 Å². The quantitative estimate of drug-likeness (QED) is 0.598. The first kappa shape index (κ1) is 20.3. The molecule has 1 amide bonds. The largest absolute Gasteiger partial charge is 0.342 e. The number of ketones is 1. The Hall–Kier alpha value is -2.45. The van der Waals surface area contributed by atoms with Crippen LogP contribution in [0.2, 0.25) is 0 Å². The van der Waals surface area contributed by atoms with Gasteiger partial charge in [-0.25, -0.2) is 0 Å². The summed E-state index contributed by atoms with van der Waals surface area (Å²) in [6, 6.07) is 18.8. The summed E-state index contributed by atoms with van der Waals surface area (Å²) in [7, 11) is 0. The summed E-state index contributed by atoms with van der Waals surface area (Å²) in [4.78, 5) is 27.8. The van der Waals surface area contributed by atoms with Gasteiger partial charge < -0.3 is 4.90 Å². The number of Topliss-reactive ketones (excluding diaryl/α,β-unsaturated/α-hetero) is 1. The molecule has 2 atom stereocenters. The number of amides is 1. The van der Waals surface area contributed by atoms with Crippen molar-refractivity contribution in [2.75, 3.05) is 13.1 Å². The van der Waals surface area contributed by atoms with Crippen molar-refractivity contribution in [2.45, 2.75) is 31.6 Å². The Morgan fingerprint density at radius 1 is 1.04 bits per heavy atom. The molecule has 0 radical (unpaired) electrons. The molecule has 0 unspecified atom stereocenters. The smallest absolute Gasteiger partial charge is 0.240 e. The van der Waals surface area contributed by atoms with E-state index < -0.39 is 11.8 Å². The highest BCUT2D eigenvalue weighted by atomic mass is 79.9. The summed E-state index contributed by atoms with van der Waals surface area (Å²) >= 11 is 3.46. The molecule has 3 rings (SSSR count). The van der Waals surface area contributed by atoms with Crippen molar-refractivity contribution in [3.8, 4) is 6.07 Å². The fourth-order valence-electron chi connectivity index (χ4n) is 3.74. The molecule has 0 spiro atoms. The number of likely N-dealkylation sites (tertiary alicyclic amines) is 1. The molecule has 4 nitrogen and oxygen atoms in total. The molecule has 0 aliphatic carbocycles. The van der Waals surface area contributed by atoms with E-state index in [1.165, 1.54) is 0 Å². The van der Waals surface area contributed by atoms with Crippen LogP contribution in [0.5, 0.6) is 0 Å². The summed E-state index contributed by atoms with van der Waals surface area (Å²) in [6.45, 7) is 1.38. The Kier molecular flexibility index (Phi) is 7.00. The lowest BCUT2D eigenvalue weighted by molar-refractivity contribution is -0.135. The third-order valence-electron chi connectivity index (χ3n) is 5.25. The van der Waals surface area contributed by atoms with E-state index in [1.807, 2.05) is 42.5 Å². The van der Waals surface area contributed by atoms with Crippen LogP contribution >= 0.6 is 15.9 Å². The summed E-state index contributed by atoms with van der Waals surface area (Å²) in [5.74, 6) is -1.57. The number of piperidine rings is 1. The zero-order valence-electron chi connectivity index (χ0n) is 15.7. The molecule has 1 saturated heterocycles. The van der Waals surface area contributed by atoms with Crippen LogP contribution in [0.3, 0.4) is 0 Å². The van der Waals surface area contributed by atoms with Crippen molar-refractivity contribution in [3.05, 3.63) is 70.2 Å². The normalized spacial score (nSPS) is 16.1. The van der Waals surface area contributed by atoms with Gasteiger partial charge in [0.1, 0.15) is 5.92 Å². The molecular formula is C23H23BrN2O2. The van der Waals surface area contributed by atoms with Crippen LogP contribution in [0.25, 0.3) is 0 Å². The number of carbonyl (C=O) groups is 2. The van der Waals surface area contributed by atoms with Gasteiger partial charge in [0, 0.05) is 35.5 Å². The summed E-state index contributed by atoms with van der Waals surface area (Å²) in [5.41, 5.74) is 1.43. The molecule has 0 saturated carbocycles. The van der Waals surface area contributed by atoms with E-state index in [2.05, 4.69) is 22.0 Å². The third kappa shape index (κ3) is 4.88. The highest BCUT2D eigenvalue weighted by Crippen LogP contribution is 2.33. The first-order chi connectivity index (χ1) is 13.6. The molecule has 1 heterocycles. The van der Waals surface area contributed by atoms with Gasteiger partial charge in [-0.1, -0.05) is 58.4 Å². The van der Waals surface area contributed by atoms with Crippen LogP contribution in [0.15, 0.2) is 59.1 Å². The van der Waals surface area contributed by atoms with Crippen molar-refractivity contribution in [1.29, 1.82) is 5.26 Å². The Balaban J connectivity index is 1.91. The van der Waals surface area contributed by atoms with E-state index in [4.69, 9.17) is 0 Å². The second-order valence-electron chi connectivity index (χ2n) is 7.15. The molecular weight excluding hydrogens is 416 g/mol. The number of carbonyl (C=O) groups excluding carboxylic acids is 2. The van der Waals surface area contributed by atoms with Gasteiger partial charge in [-0.2, -0.15) is 5.26 Å². The topological polar surface area (TPSA) is 61.2 Å². The molecule has 1 aliphatic rings. The SMILES string of the molecule is N#C[C@@H](C(=O)N1CCCCC1)[C@H](CC(=O)c1ccccc1)c1cccc(Br)c1. The zero-order chi connectivity index (χ0) is 19.9. The van der Waals surface area contributed by atoms with Gasteiger partial charge in [-0.3, -0.25) is 9.59 Å². The zero-order valence-corrected chi connectivity index (χ0v) is 17.3. The van der Waals surface area contributed by atoms with Gasteiger partial charge in [-0.05, 0) is 37.0 Å². The van der Waals surface area contributed by atoms with Gasteiger partial charge in [-0.15, -0.1) is 0 Å². The van der Waals surface area contributed by atoms with Crippen molar-refractivity contribution in [1.82, 2.24) is 4.90 Å². The lowest BCUT2D eigenvalue weighted by atomic mass is 9.81. The van der Waals surface area contributed by atoms with Crippen LogP contribution in [-0.4, -0.2) is 29.7 Å². The number of nitrogens with zero attached hydrogens (tertiary/aromatic N) is 2. The second-order valence-corrected chi connectivity index (χ2v) is 8.06. The highest BCUT2D eigenvalue weighted by molar-refractivity contribution is 9.10. The van der Waals surface area contributed by atoms with Gasteiger partial charge in [0.2, 0.25) is 5.91 Å². The lowest BCUT2D eigenvalue weighted by Crippen LogP contribution is -2.41. The van der Waals surface area contributed by atoms with Gasteiger partial charge in [0.05, 0.1) is 6.07 Å². The first-order valence-electron chi connectivity index (χ1n) is 9.62. The molecule has 5 heteroatoms. The van der Waals surface area contributed by atoms with Crippen molar-refractivity contribution in [2.24, 2.45) is 5.92 Å². The standard InChI is InChI=1S/C23H23BrN2O2/c24-19-11-7-10-18(14-19)20(15-22(27)17-8-3-1-4-9-17)21(16-25)23(28)26-12-5-2-6-13-26/h1,3-4,7-11,14,20-21H,2,5-6,12-13,15H2/t20-,21-/m1/s1. The monoisotopic (exact) mass is 438 g/mol. The molecule has 144 valence electrons. The highest BCUT2D eigenvalue weighted by Gasteiger charge is 2.35. The van der Waals surface area contributed by atoms with Crippen LogP contribution in [0, 0.1) is 17.2 Å². The summed E-state index contributed by atoms with van der Waals surface area (Å²) < 4.78 is 0.865. The van der Waals surface area contributed by atoms with Crippen molar-refractivity contribution < 1.29 is 9.59 Å². The fourth-order valence-corrected chi connectivity index (χ4v) is 4.15. The average molecular weight is 439 g/mol. The Morgan fingerprint density at radius 2 is 1.75 bits per heavy atom. The van der Waals surface area contributed by atoms with Crippen LogP contribution in [0.1, 0.15) is 47.5 Å². The number of benzene rings is 2. The van der Waals surface area contributed by atoms with Gasteiger partial charge >= 0.3 is 0 Å². The number of rotatable bonds is 6. The van der Waals surface area contributed by atoms with Crippen LogP contribution in [-0.2, 0) is 4.79 Å². The minimum Gasteiger partial charge on any atom is -0.342 e.